The highest BCUT2D eigenvalue weighted by atomic mass is 19.1. The van der Waals surface area contributed by atoms with Crippen molar-refractivity contribution < 1.29 is 13.9 Å². The molecular weight excluding hydrogens is 257 g/mol. The molecule has 3 heterocycles. The van der Waals surface area contributed by atoms with Gasteiger partial charge < -0.3 is 14.4 Å². The van der Waals surface area contributed by atoms with Crippen LogP contribution in [0.15, 0.2) is 28.7 Å². The third kappa shape index (κ3) is 1.86. The number of fused-ring (bicyclic) bond motifs is 2. The van der Waals surface area contributed by atoms with E-state index in [0.717, 1.165) is 31.3 Å². The topological polar surface area (TPSA) is 36.6 Å². The fraction of sp³-hybridized carbons (Fsp3) is 0.500. The van der Waals surface area contributed by atoms with Gasteiger partial charge in [0.05, 0.1) is 0 Å². The van der Waals surface area contributed by atoms with E-state index >= 15 is 0 Å². The smallest absolute Gasteiger partial charge is 0.137 e. The van der Waals surface area contributed by atoms with Gasteiger partial charge in [-0.3, -0.25) is 0 Å². The first kappa shape index (κ1) is 12.4. The van der Waals surface area contributed by atoms with Crippen LogP contribution in [0, 0.1) is 5.82 Å². The van der Waals surface area contributed by atoms with Crippen molar-refractivity contribution in [3.05, 3.63) is 35.8 Å². The molecule has 2 unspecified atom stereocenters. The largest absolute Gasteiger partial charge is 0.458 e. The molecule has 1 aromatic heterocycles. The van der Waals surface area contributed by atoms with Crippen LogP contribution in [0.25, 0.3) is 11.0 Å². The van der Waals surface area contributed by atoms with Crippen molar-refractivity contribution in [1.82, 2.24) is 4.90 Å². The summed E-state index contributed by atoms with van der Waals surface area (Å²) in [5.74, 6) is 0.312. The fourth-order valence-electron chi connectivity index (χ4n) is 3.71. The maximum atomic E-state index is 13.2. The van der Waals surface area contributed by atoms with Crippen LogP contribution in [0.1, 0.15) is 31.4 Å². The Morgan fingerprint density at radius 1 is 1.30 bits per heavy atom. The predicted octanol–water partition coefficient (Wildman–Crippen LogP) is 3.02. The molecule has 1 N–H and O–H groups in total. The van der Waals surface area contributed by atoms with Crippen LogP contribution in [-0.4, -0.2) is 29.1 Å². The summed E-state index contributed by atoms with van der Waals surface area (Å²) in [4.78, 5) is 2.46. The Bertz CT molecular complexity index is 653. The number of hydrogen-bond donors (Lipinski definition) is 1. The molecule has 2 saturated heterocycles. The number of rotatable bonds is 1. The van der Waals surface area contributed by atoms with Crippen LogP contribution in [-0.2, 0) is 5.60 Å². The number of nitrogens with zero attached hydrogens (tertiary/aromatic N) is 1. The Hall–Kier alpha value is -1.39. The summed E-state index contributed by atoms with van der Waals surface area (Å²) in [7, 11) is 0. The minimum absolute atomic E-state index is 0.276. The van der Waals surface area contributed by atoms with Gasteiger partial charge in [-0.1, -0.05) is 0 Å². The molecule has 0 bridgehead atoms. The monoisotopic (exact) mass is 275 g/mol. The Labute approximate surface area is 117 Å². The summed E-state index contributed by atoms with van der Waals surface area (Å²) >= 11 is 0. The van der Waals surface area contributed by atoms with Gasteiger partial charge in [0, 0.05) is 18.0 Å². The molecule has 4 heteroatoms. The van der Waals surface area contributed by atoms with Gasteiger partial charge >= 0.3 is 0 Å². The first-order valence-corrected chi connectivity index (χ1v) is 7.30. The van der Waals surface area contributed by atoms with Crippen LogP contribution in [0.5, 0.6) is 0 Å². The van der Waals surface area contributed by atoms with Gasteiger partial charge in [-0.05, 0) is 56.5 Å². The van der Waals surface area contributed by atoms with Gasteiger partial charge in [-0.15, -0.1) is 0 Å². The Morgan fingerprint density at radius 3 is 3.10 bits per heavy atom. The Kier molecular flexibility index (Phi) is 2.66. The van der Waals surface area contributed by atoms with Crippen molar-refractivity contribution in [2.24, 2.45) is 0 Å². The van der Waals surface area contributed by atoms with Crippen LogP contribution in [0.3, 0.4) is 0 Å². The van der Waals surface area contributed by atoms with E-state index in [1.165, 1.54) is 18.6 Å². The second-order valence-corrected chi connectivity index (χ2v) is 6.11. The van der Waals surface area contributed by atoms with Crippen LogP contribution in [0.2, 0.25) is 0 Å². The molecule has 106 valence electrons. The lowest BCUT2D eigenvalue weighted by Crippen LogP contribution is -2.45. The first-order chi connectivity index (χ1) is 9.64. The van der Waals surface area contributed by atoms with E-state index in [4.69, 9.17) is 4.42 Å². The first-order valence-electron chi connectivity index (χ1n) is 7.30. The van der Waals surface area contributed by atoms with E-state index in [1.807, 2.05) is 0 Å². The highest BCUT2D eigenvalue weighted by Gasteiger charge is 2.43. The molecule has 20 heavy (non-hydrogen) atoms. The number of halogens is 1. The van der Waals surface area contributed by atoms with Gasteiger partial charge in [0.25, 0.3) is 0 Å². The summed E-state index contributed by atoms with van der Waals surface area (Å²) in [5.41, 5.74) is -0.259. The van der Waals surface area contributed by atoms with Crippen molar-refractivity contribution in [2.75, 3.05) is 13.1 Å². The van der Waals surface area contributed by atoms with Gasteiger partial charge in [-0.25, -0.2) is 4.39 Å². The SMILES string of the molecule is OC1(c2cc3cc(F)ccc3o2)CCN2CCCC2C1. The number of benzene rings is 1. The van der Waals surface area contributed by atoms with Crippen molar-refractivity contribution in [1.29, 1.82) is 0 Å². The second-order valence-electron chi connectivity index (χ2n) is 6.11. The number of aliphatic hydroxyl groups is 1. The zero-order valence-electron chi connectivity index (χ0n) is 11.3. The molecule has 3 nitrogen and oxygen atoms in total. The molecule has 2 atom stereocenters. The Morgan fingerprint density at radius 2 is 2.20 bits per heavy atom. The predicted molar refractivity (Wildman–Crippen MR) is 73.9 cm³/mol. The molecule has 1 aromatic carbocycles. The summed E-state index contributed by atoms with van der Waals surface area (Å²) < 4.78 is 19.0. The summed E-state index contributed by atoms with van der Waals surface area (Å²) in [6, 6.07) is 6.72. The van der Waals surface area contributed by atoms with Crippen LogP contribution in [0.4, 0.5) is 4.39 Å². The zero-order chi connectivity index (χ0) is 13.7. The lowest BCUT2D eigenvalue weighted by molar-refractivity contribution is -0.0549. The fourth-order valence-corrected chi connectivity index (χ4v) is 3.71. The molecule has 2 aliphatic heterocycles. The molecule has 0 radical (unpaired) electrons. The van der Waals surface area contributed by atoms with Crippen molar-refractivity contribution in [3.8, 4) is 0 Å². The number of furan rings is 1. The summed E-state index contributed by atoms with van der Waals surface area (Å²) in [6.45, 7) is 2.05. The van der Waals surface area contributed by atoms with Gasteiger partial charge in [0.2, 0.25) is 0 Å². The average Bonchev–Trinajstić information content (AvgIpc) is 3.03. The third-order valence-electron chi connectivity index (χ3n) is 4.82. The maximum absolute atomic E-state index is 13.2. The molecule has 2 aliphatic rings. The molecule has 0 aliphatic carbocycles. The quantitative estimate of drug-likeness (QED) is 0.869. The van der Waals surface area contributed by atoms with E-state index < -0.39 is 5.60 Å². The molecule has 0 amide bonds. The molecule has 2 fully saturated rings. The molecule has 2 aromatic rings. The molecular formula is C16H18FNO2. The lowest BCUT2D eigenvalue weighted by Gasteiger charge is -2.39. The lowest BCUT2D eigenvalue weighted by atomic mass is 9.84. The van der Waals surface area contributed by atoms with Gasteiger partial charge in [0.1, 0.15) is 22.8 Å². The highest BCUT2D eigenvalue weighted by Crippen LogP contribution is 2.41. The summed E-state index contributed by atoms with van der Waals surface area (Å²) in [5, 5.41) is 11.7. The normalized spacial score (nSPS) is 30.8. The maximum Gasteiger partial charge on any atom is 0.137 e. The van der Waals surface area contributed by atoms with Crippen molar-refractivity contribution >= 4 is 11.0 Å². The second kappa shape index (κ2) is 4.30. The standard InChI is InChI=1S/C16H18FNO2/c17-12-3-4-14-11(8-12)9-15(20-14)16(19)5-7-18-6-1-2-13(18)10-16/h3-4,8-9,13,19H,1-2,5-7,10H2. The molecule has 4 rings (SSSR count). The molecule has 0 saturated carbocycles. The Balaban J connectivity index is 1.70. The van der Waals surface area contributed by atoms with Gasteiger partial charge in [-0.2, -0.15) is 0 Å². The number of piperidine rings is 1. The van der Waals surface area contributed by atoms with E-state index in [9.17, 15) is 9.50 Å². The van der Waals surface area contributed by atoms with E-state index in [2.05, 4.69) is 4.90 Å². The minimum atomic E-state index is -0.902. The summed E-state index contributed by atoms with van der Waals surface area (Å²) in [6.07, 6.45) is 3.77. The van der Waals surface area contributed by atoms with E-state index in [1.54, 1.807) is 12.1 Å². The highest BCUT2D eigenvalue weighted by molar-refractivity contribution is 5.78. The van der Waals surface area contributed by atoms with E-state index in [-0.39, 0.29) is 5.82 Å². The van der Waals surface area contributed by atoms with Crippen LogP contribution < -0.4 is 0 Å². The van der Waals surface area contributed by atoms with Crippen molar-refractivity contribution in [3.63, 3.8) is 0 Å². The number of hydrogen-bond acceptors (Lipinski definition) is 3. The minimum Gasteiger partial charge on any atom is -0.458 e. The average molecular weight is 275 g/mol. The molecule has 0 spiro atoms. The zero-order valence-corrected chi connectivity index (χ0v) is 11.3. The van der Waals surface area contributed by atoms with E-state index in [0.29, 0.717) is 23.8 Å². The van der Waals surface area contributed by atoms with Crippen molar-refractivity contribution in [2.45, 2.75) is 37.3 Å². The third-order valence-corrected chi connectivity index (χ3v) is 4.82. The van der Waals surface area contributed by atoms with Gasteiger partial charge in [0.15, 0.2) is 0 Å². The van der Waals surface area contributed by atoms with Crippen LogP contribution >= 0.6 is 0 Å².